The zero-order valence-corrected chi connectivity index (χ0v) is 15.3. The Bertz CT molecular complexity index is 870. The average molecular weight is 348 g/mol. The summed E-state index contributed by atoms with van der Waals surface area (Å²) >= 11 is 0. The molecule has 2 heterocycles. The first-order valence-electron chi connectivity index (χ1n) is 8.96. The van der Waals surface area contributed by atoms with Crippen molar-refractivity contribution in [3.63, 3.8) is 0 Å². The molecule has 0 spiro atoms. The van der Waals surface area contributed by atoms with Crippen LogP contribution in [0.1, 0.15) is 22.9 Å². The maximum Gasteiger partial charge on any atom is 0.138 e. The third-order valence-electron chi connectivity index (χ3n) is 4.83. The van der Waals surface area contributed by atoms with Crippen molar-refractivity contribution < 1.29 is 9.47 Å². The second-order valence-electron chi connectivity index (χ2n) is 6.73. The molecule has 4 heteroatoms. The fourth-order valence-corrected chi connectivity index (χ4v) is 3.49. The second kappa shape index (κ2) is 7.36. The van der Waals surface area contributed by atoms with Crippen LogP contribution in [0.3, 0.4) is 0 Å². The highest BCUT2D eigenvalue weighted by Gasteiger charge is 2.27. The maximum atomic E-state index is 6.03. The second-order valence-corrected chi connectivity index (χ2v) is 6.73. The zero-order valence-electron chi connectivity index (χ0n) is 15.3. The van der Waals surface area contributed by atoms with Crippen molar-refractivity contribution in [3.8, 4) is 11.4 Å². The Morgan fingerprint density at radius 1 is 1.12 bits per heavy atom. The van der Waals surface area contributed by atoms with Gasteiger partial charge >= 0.3 is 0 Å². The summed E-state index contributed by atoms with van der Waals surface area (Å²) in [5.41, 5.74) is 4.92. The van der Waals surface area contributed by atoms with Gasteiger partial charge in [0.05, 0.1) is 13.7 Å². The van der Waals surface area contributed by atoms with Gasteiger partial charge in [0.2, 0.25) is 0 Å². The number of hydrogen-bond acceptors (Lipinski definition) is 3. The molecular formula is C22H24N2O2. The molecule has 3 aromatic rings. The first-order valence-corrected chi connectivity index (χ1v) is 8.96. The number of aryl methyl sites for hydroxylation is 1. The number of rotatable bonds is 5. The van der Waals surface area contributed by atoms with Crippen LogP contribution >= 0.6 is 0 Å². The van der Waals surface area contributed by atoms with Crippen LogP contribution in [-0.2, 0) is 11.3 Å². The van der Waals surface area contributed by atoms with Crippen LogP contribution in [-0.4, -0.2) is 29.7 Å². The molecule has 1 aromatic heterocycles. The normalized spacial score (nSPS) is 17.5. The van der Waals surface area contributed by atoms with Gasteiger partial charge in [0.1, 0.15) is 12.0 Å². The molecule has 1 fully saturated rings. The maximum absolute atomic E-state index is 6.03. The van der Waals surface area contributed by atoms with Crippen molar-refractivity contribution in [1.82, 2.24) is 9.47 Å². The van der Waals surface area contributed by atoms with Gasteiger partial charge in [-0.2, -0.15) is 0 Å². The lowest BCUT2D eigenvalue weighted by Gasteiger charge is -2.22. The van der Waals surface area contributed by atoms with Crippen LogP contribution in [0.15, 0.2) is 67.0 Å². The first-order chi connectivity index (χ1) is 12.7. The lowest BCUT2D eigenvalue weighted by atomic mass is 10.1. The van der Waals surface area contributed by atoms with Crippen molar-refractivity contribution in [2.45, 2.75) is 19.7 Å². The highest BCUT2D eigenvalue weighted by atomic mass is 16.5. The highest BCUT2D eigenvalue weighted by Crippen LogP contribution is 2.29. The molecule has 134 valence electrons. The number of methoxy groups -OCH3 is 1. The molecule has 1 atom stereocenters. The van der Waals surface area contributed by atoms with E-state index >= 15 is 0 Å². The SMILES string of the molecule is COc1ccc(-n2ccc([C@H]3OCCN3Cc3cccc(C)c3)c2)cc1. The molecule has 0 unspecified atom stereocenters. The quantitative estimate of drug-likeness (QED) is 0.687. The summed E-state index contributed by atoms with van der Waals surface area (Å²) in [5, 5.41) is 0. The monoisotopic (exact) mass is 348 g/mol. The highest BCUT2D eigenvalue weighted by molar-refractivity contribution is 5.39. The predicted molar refractivity (Wildman–Crippen MR) is 103 cm³/mol. The number of hydrogen-bond donors (Lipinski definition) is 0. The molecule has 0 radical (unpaired) electrons. The fraction of sp³-hybridized carbons (Fsp3) is 0.273. The summed E-state index contributed by atoms with van der Waals surface area (Å²) in [5.74, 6) is 0.865. The molecule has 0 saturated carbocycles. The standard InChI is InChI=1S/C22H24N2O2/c1-17-4-3-5-18(14-17)15-24-12-13-26-22(24)19-10-11-23(16-19)20-6-8-21(25-2)9-7-20/h3-11,14,16,22H,12-13,15H2,1-2H3/t22-/m1/s1. The van der Waals surface area contributed by atoms with Crippen LogP contribution in [0.4, 0.5) is 0 Å². The van der Waals surface area contributed by atoms with Gasteiger partial charge < -0.3 is 14.0 Å². The number of aromatic nitrogens is 1. The van der Waals surface area contributed by atoms with E-state index in [2.05, 4.69) is 71.2 Å². The molecule has 0 aliphatic carbocycles. The Labute approximate surface area is 154 Å². The largest absolute Gasteiger partial charge is 0.497 e. The smallest absolute Gasteiger partial charge is 0.138 e. The van der Waals surface area contributed by atoms with Gasteiger partial charge in [-0.15, -0.1) is 0 Å². The van der Waals surface area contributed by atoms with E-state index in [4.69, 9.17) is 9.47 Å². The van der Waals surface area contributed by atoms with E-state index in [9.17, 15) is 0 Å². The van der Waals surface area contributed by atoms with Crippen LogP contribution in [0.2, 0.25) is 0 Å². The van der Waals surface area contributed by atoms with E-state index in [1.165, 1.54) is 16.7 Å². The van der Waals surface area contributed by atoms with Crippen molar-refractivity contribution in [2.24, 2.45) is 0 Å². The third-order valence-corrected chi connectivity index (χ3v) is 4.83. The predicted octanol–water partition coefficient (Wildman–Crippen LogP) is 4.33. The summed E-state index contributed by atoms with van der Waals surface area (Å²) in [6.07, 6.45) is 4.25. The lowest BCUT2D eigenvalue weighted by molar-refractivity contribution is 0.0288. The van der Waals surface area contributed by atoms with E-state index in [0.29, 0.717) is 0 Å². The molecule has 0 amide bonds. The summed E-state index contributed by atoms with van der Waals surface area (Å²) < 4.78 is 13.4. The van der Waals surface area contributed by atoms with Crippen LogP contribution in [0.5, 0.6) is 5.75 Å². The minimum absolute atomic E-state index is 0.00927. The Kier molecular flexibility index (Phi) is 4.78. The summed E-state index contributed by atoms with van der Waals surface area (Å²) in [7, 11) is 1.68. The zero-order chi connectivity index (χ0) is 17.9. The van der Waals surface area contributed by atoms with Gasteiger partial charge in [0.15, 0.2) is 0 Å². The van der Waals surface area contributed by atoms with E-state index in [1.807, 2.05) is 12.1 Å². The Morgan fingerprint density at radius 2 is 1.96 bits per heavy atom. The molecule has 26 heavy (non-hydrogen) atoms. The molecule has 0 bridgehead atoms. The Balaban J connectivity index is 1.52. The summed E-state index contributed by atoms with van der Waals surface area (Å²) in [6, 6.07) is 18.9. The summed E-state index contributed by atoms with van der Waals surface area (Å²) in [6.45, 7) is 4.76. The first kappa shape index (κ1) is 16.9. The van der Waals surface area contributed by atoms with E-state index < -0.39 is 0 Å². The molecule has 0 N–H and O–H groups in total. The van der Waals surface area contributed by atoms with Gasteiger partial charge in [-0.05, 0) is 42.8 Å². The van der Waals surface area contributed by atoms with Gasteiger partial charge in [-0.25, -0.2) is 0 Å². The topological polar surface area (TPSA) is 26.6 Å². The molecule has 4 nitrogen and oxygen atoms in total. The van der Waals surface area contributed by atoms with Crippen LogP contribution < -0.4 is 4.74 Å². The lowest BCUT2D eigenvalue weighted by Crippen LogP contribution is -2.23. The summed E-state index contributed by atoms with van der Waals surface area (Å²) in [4.78, 5) is 2.39. The van der Waals surface area contributed by atoms with Crippen molar-refractivity contribution in [2.75, 3.05) is 20.3 Å². The van der Waals surface area contributed by atoms with Crippen molar-refractivity contribution >= 4 is 0 Å². The molecule has 4 rings (SSSR count). The average Bonchev–Trinajstić information content (AvgIpc) is 3.31. The van der Waals surface area contributed by atoms with Gasteiger partial charge in [-0.1, -0.05) is 29.8 Å². The van der Waals surface area contributed by atoms with E-state index in [0.717, 1.165) is 31.1 Å². The van der Waals surface area contributed by atoms with Crippen LogP contribution in [0, 0.1) is 6.92 Å². The van der Waals surface area contributed by atoms with Gasteiger partial charge in [0, 0.05) is 36.7 Å². The Hall–Kier alpha value is -2.56. The van der Waals surface area contributed by atoms with Crippen LogP contribution in [0.25, 0.3) is 5.69 Å². The minimum atomic E-state index is 0.00927. The molecule has 2 aromatic carbocycles. The fourth-order valence-electron chi connectivity index (χ4n) is 3.49. The molecular weight excluding hydrogens is 324 g/mol. The van der Waals surface area contributed by atoms with Crippen molar-refractivity contribution in [1.29, 1.82) is 0 Å². The molecule has 1 aliphatic heterocycles. The third kappa shape index (κ3) is 3.52. The molecule has 1 aliphatic rings. The van der Waals surface area contributed by atoms with Crippen molar-refractivity contribution in [3.05, 3.63) is 83.7 Å². The number of benzene rings is 2. The minimum Gasteiger partial charge on any atom is -0.497 e. The van der Waals surface area contributed by atoms with E-state index in [1.54, 1.807) is 7.11 Å². The van der Waals surface area contributed by atoms with Gasteiger partial charge in [0.25, 0.3) is 0 Å². The number of nitrogens with zero attached hydrogens (tertiary/aromatic N) is 2. The van der Waals surface area contributed by atoms with Gasteiger partial charge in [-0.3, -0.25) is 4.90 Å². The number of ether oxygens (including phenoxy) is 2. The van der Waals surface area contributed by atoms with E-state index in [-0.39, 0.29) is 6.23 Å². The Morgan fingerprint density at radius 3 is 2.73 bits per heavy atom. The molecule has 1 saturated heterocycles.